The van der Waals surface area contributed by atoms with Gasteiger partial charge < -0.3 is 10.6 Å². The molecule has 0 atom stereocenters. The molecule has 0 saturated carbocycles. The molecule has 5 heteroatoms. The molecule has 0 radical (unpaired) electrons. The van der Waals surface area contributed by atoms with Gasteiger partial charge in [-0.1, -0.05) is 13.8 Å². The molecule has 1 aromatic rings. The van der Waals surface area contributed by atoms with Gasteiger partial charge in [-0.05, 0) is 18.9 Å². The van der Waals surface area contributed by atoms with Crippen LogP contribution in [-0.4, -0.2) is 29.4 Å². The summed E-state index contributed by atoms with van der Waals surface area (Å²) in [6, 6.07) is 1.72. The number of aromatic nitrogens is 2. The molecule has 1 heterocycles. The Kier molecular flexibility index (Phi) is 3.82. The minimum Gasteiger partial charge on any atom is -0.382 e. The van der Waals surface area contributed by atoms with Crippen molar-refractivity contribution in [2.45, 2.75) is 20.8 Å². The number of nitrogen functional groups attached to an aromatic ring is 1. The average Bonchev–Trinajstić information content (AvgIpc) is 2.15. The monoisotopic (exact) mass is 221 g/mol. The van der Waals surface area contributed by atoms with Crippen LogP contribution in [0, 0.1) is 18.3 Å². The van der Waals surface area contributed by atoms with Gasteiger partial charge >= 0.3 is 0 Å². The Bertz CT molecular complexity index is 386. The van der Waals surface area contributed by atoms with E-state index in [4.69, 9.17) is 11.1 Å². The molecule has 0 aromatic carbocycles. The lowest BCUT2D eigenvalue weighted by Crippen LogP contribution is -2.26. The quantitative estimate of drug-likeness (QED) is 0.590. The zero-order valence-electron chi connectivity index (χ0n) is 10.3. The number of aryl methyl sites for hydroxylation is 1. The molecule has 0 amide bonds. The van der Waals surface area contributed by atoms with E-state index in [2.05, 4.69) is 23.8 Å². The predicted octanol–water partition coefficient (Wildman–Crippen LogP) is 1.16. The fourth-order valence-corrected chi connectivity index (χ4v) is 1.49. The van der Waals surface area contributed by atoms with Crippen LogP contribution >= 0.6 is 0 Å². The Morgan fingerprint density at radius 2 is 2.12 bits per heavy atom. The summed E-state index contributed by atoms with van der Waals surface area (Å²) in [6.07, 6.45) is 0. The van der Waals surface area contributed by atoms with Gasteiger partial charge in [-0.25, -0.2) is 9.97 Å². The van der Waals surface area contributed by atoms with Crippen molar-refractivity contribution in [1.29, 1.82) is 5.41 Å². The molecule has 1 rings (SSSR count). The molecule has 0 aliphatic heterocycles. The molecule has 0 unspecified atom stereocenters. The maximum Gasteiger partial charge on any atom is 0.225 e. The number of anilines is 1. The highest BCUT2D eigenvalue weighted by Gasteiger charge is 2.09. The fraction of sp³-hybridized carbons (Fsp3) is 0.545. The number of amidine groups is 1. The lowest BCUT2D eigenvalue weighted by Gasteiger charge is -2.19. The summed E-state index contributed by atoms with van der Waals surface area (Å²) < 4.78 is 0. The van der Waals surface area contributed by atoms with Crippen LogP contribution in [0.1, 0.15) is 25.2 Å². The molecule has 1 aromatic heterocycles. The van der Waals surface area contributed by atoms with Crippen LogP contribution in [0.15, 0.2) is 6.07 Å². The van der Waals surface area contributed by atoms with Gasteiger partial charge in [-0.15, -0.1) is 0 Å². The first kappa shape index (κ1) is 12.4. The van der Waals surface area contributed by atoms with Crippen LogP contribution < -0.4 is 10.6 Å². The van der Waals surface area contributed by atoms with E-state index in [-0.39, 0.29) is 5.84 Å². The first-order valence-corrected chi connectivity index (χ1v) is 5.31. The van der Waals surface area contributed by atoms with Crippen molar-refractivity contribution in [1.82, 2.24) is 9.97 Å². The summed E-state index contributed by atoms with van der Waals surface area (Å²) in [6.45, 7) is 7.03. The molecule has 0 saturated heterocycles. The molecule has 0 bridgehead atoms. The van der Waals surface area contributed by atoms with Crippen LogP contribution in [0.25, 0.3) is 0 Å². The van der Waals surface area contributed by atoms with Crippen LogP contribution in [0.5, 0.6) is 0 Å². The van der Waals surface area contributed by atoms with E-state index in [1.807, 2.05) is 18.9 Å². The Balaban J connectivity index is 3.00. The first-order chi connectivity index (χ1) is 7.40. The second-order valence-corrected chi connectivity index (χ2v) is 4.38. The van der Waals surface area contributed by atoms with Crippen LogP contribution in [-0.2, 0) is 0 Å². The molecule has 0 aliphatic carbocycles. The standard InChI is InChI=1S/C11H19N5/c1-7(2)6-16(4)11-14-8(3)5-9(15-11)10(12)13/h5,7H,6H2,1-4H3,(H3,12,13). The van der Waals surface area contributed by atoms with Gasteiger partial charge in [0.2, 0.25) is 5.95 Å². The smallest absolute Gasteiger partial charge is 0.225 e. The number of hydrogen-bond donors (Lipinski definition) is 2. The van der Waals surface area contributed by atoms with Crippen molar-refractivity contribution in [2.24, 2.45) is 11.7 Å². The van der Waals surface area contributed by atoms with E-state index < -0.39 is 0 Å². The van der Waals surface area contributed by atoms with Crippen molar-refractivity contribution in [3.8, 4) is 0 Å². The van der Waals surface area contributed by atoms with E-state index in [1.54, 1.807) is 6.07 Å². The van der Waals surface area contributed by atoms with Gasteiger partial charge in [0.1, 0.15) is 11.5 Å². The van der Waals surface area contributed by atoms with Gasteiger partial charge in [0.15, 0.2) is 0 Å². The second-order valence-electron chi connectivity index (χ2n) is 4.38. The molecule has 0 spiro atoms. The molecule has 16 heavy (non-hydrogen) atoms. The lowest BCUT2D eigenvalue weighted by molar-refractivity contribution is 0.629. The Morgan fingerprint density at radius 1 is 1.50 bits per heavy atom. The summed E-state index contributed by atoms with van der Waals surface area (Å²) in [5.41, 5.74) is 6.74. The summed E-state index contributed by atoms with van der Waals surface area (Å²) >= 11 is 0. The fourth-order valence-electron chi connectivity index (χ4n) is 1.49. The van der Waals surface area contributed by atoms with Gasteiger partial charge in [0.05, 0.1) is 0 Å². The van der Waals surface area contributed by atoms with Gasteiger partial charge in [-0.2, -0.15) is 0 Å². The van der Waals surface area contributed by atoms with Crippen molar-refractivity contribution >= 4 is 11.8 Å². The highest BCUT2D eigenvalue weighted by Crippen LogP contribution is 2.10. The zero-order chi connectivity index (χ0) is 12.3. The van der Waals surface area contributed by atoms with E-state index in [9.17, 15) is 0 Å². The van der Waals surface area contributed by atoms with Crippen LogP contribution in [0.4, 0.5) is 5.95 Å². The van der Waals surface area contributed by atoms with Gasteiger partial charge in [0.25, 0.3) is 0 Å². The topological polar surface area (TPSA) is 78.9 Å². The third kappa shape index (κ3) is 3.18. The van der Waals surface area contributed by atoms with Crippen LogP contribution in [0.3, 0.4) is 0 Å². The number of nitrogens with one attached hydrogen (secondary N) is 1. The molecule has 3 N–H and O–H groups in total. The second kappa shape index (κ2) is 4.92. The Labute approximate surface area is 96.2 Å². The molecule has 5 nitrogen and oxygen atoms in total. The van der Waals surface area contributed by atoms with Gasteiger partial charge in [0, 0.05) is 19.3 Å². The van der Waals surface area contributed by atoms with Crippen LogP contribution in [0.2, 0.25) is 0 Å². The Morgan fingerprint density at radius 3 is 2.62 bits per heavy atom. The molecule has 0 aliphatic rings. The molecule has 88 valence electrons. The van der Waals surface area contributed by atoms with Crippen molar-refractivity contribution < 1.29 is 0 Å². The molecular formula is C11H19N5. The third-order valence-corrected chi connectivity index (χ3v) is 2.10. The van der Waals surface area contributed by atoms with E-state index in [0.29, 0.717) is 17.6 Å². The first-order valence-electron chi connectivity index (χ1n) is 5.31. The average molecular weight is 221 g/mol. The predicted molar refractivity (Wildman–Crippen MR) is 65.9 cm³/mol. The zero-order valence-corrected chi connectivity index (χ0v) is 10.3. The molecule has 0 fully saturated rings. The van der Waals surface area contributed by atoms with Crippen molar-refractivity contribution in [3.05, 3.63) is 17.5 Å². The van der Waals surface area contributed by atoms with E-state index in [1.165, 1.54) is 0 Å². The normalized spacial score (nSPS) is 10.6. The summed E-state index contributed by atoms with van der Waals surface area (Å²) in [4.78, 5) is 10.6. The van der Waals surface area contributed by atoms with Gasteiger partial charge in [-0.3, -0.25) is 5.41 Å². The lowest BCUT2D eigenvalue weighted by atomic mass is 10.2. The maximum atomic E-state index is 7.38. The minimum absolute atomic E-state index is 0.0234. The summed E-state index contributed by atoms with van der Waals surface area (Å²) in [7, 11) is 1.94. The highest BCUT2D eigenvalue weighted by atomic mass is 15.2. The number of nitrogens with zero attached hydrogens (tertiary/aromatic N) is 3. The number of rotatable bonds is 4. The SMILES string of the molecule is Cc1cc(C(=N)N)nc(N(C)CC(C)C)n1. The Hall–Kier alpha value is -1.65. The van der Waals surface area contributed by atoms with Crippen molar-refractivity contribution in [3.63, 3.8) is 0 Å². The van der Waals surface area contributed by atoms with E-state index >= 15 is 0 Å². The molecular weight excluding hydrogens is 202 g/mol. The largest absolute Gasteiger partial charge is 0.382 e. The van der Waals surface area contributed by atoms with Crippen molar-refractivity contribution in [2.75, 3.05) is 18.5 Å². The summed E-state index contributed by atoms with van der Waals surface area (Å²) in [5.74, 6) is 1.14. The van der Waals surface area contributed by atoms with E-state index in [0.717, 1.165) is 12.2 Å². The maximum absolute atomic E-state index is 7.38. The number of nitrogens with two attached hydrogens (primary N) is 1. The number of hydrogen-bond acceptors (Lipinski definition) is 4. The summed E-state index contributed by atoms with van der Waals surface area (Å²) in [5, 5.41) is 7.38. The minimum atomic E-state index is -0.0234. The third-order valence-electron chi connectivity index (χ3n) is 2.10. The highest BCUT2D eigenvalue weighted by molar-refractivity contribution is 5.93.